The van der Waals surface area contributed by atoms with Crippen LogP contribution in [0.1, 0.15) is 58.3 Å². The summed E-state index contributed by atoms with van der Waals surface area (Å²) in [6, 6.07) is -0.364. The lowest BCUT2D eigenvalue weighted by atomic mass is 9.77. The Morgan fingerprint density at radius 3 is 2.20 bits per heavy atom. The maximum Gasteiger partial charge on any atom is 0.310 e. The zero-order valence-electron chi connectivity index (χ0n) is 12.0. The van der Waals surface area contributed by atoms with Gasteiger partial charge in [-0.2, -0.15) is 0 Å². The second kappa shape index (κ2) is 7.26. The van der Waals surface area contributed by atoms with Crippen molar-refractivity contribution >= 4 is 17.8 Å². The molecule has 4 N–H and O–H groups in total. The lowest BCUT2D eigenvalue weighted by molar-refractivity contribution is -0.153. The van der Waals surface area contributed by atoms with Crippen LogP contribution in [0.25, 0.3) is 0 Å². The number of hydrogen-bond donors (Lipinski definition) is 3. The minimum absolute atomic E-state index is 0.0224. The molecule has 0 aromatic carbocycles. The molecular weight excluding hydrogens is 260 g/mol. The molecule has 1 saturated carbocycles. The average Bonchev–Trinajstić information content (AvgIpc) is 2.53. The van der Waals surface area contributed by atoms with Crippen LogP contribution in [0.3, 0.4) is 0 Å². The minimum atomic E-state index is -0.951. The van der Waals surface area contributed by atoms with Crippen molar-refractivity contribution in [1.29, 1.82) is 0 Å². The van der Waals surface area contributed by atoms with Crippen LogP contribution >= 0.6 is 0 Å². The van der Waals surface area contributed by atoms with Gasteiger partial charge in [0.1, 0.15) is 0 Å². The van der Waals surface area contributed by atoms with Crippen LogP contribution in [-0.2, 0) is 14.4 Å². The molecule has 1 rings (SSSR count). The Labute approximate surface area is 119 Å². The number of primary amides is 1. The zero-order valence-corrected chi connectivity index (χ0v) is 12.0. The molecule has 2 amide bonds. The van der Waals surface area contributed by atoms with E-state index >= 15 is 0 Å². The van der Waals surface area contributed by atoms with E-state index in [1.54, 1.807) is 6.92 Å². The van der Waals surface area contributed by atoms with Crippen LogP contribution in [-0.4, -0.2) is 28.9 Å². The topological polar surface area (TPSA) is 109 Å². The van der Waals surface area contributed by atoms with Crippen LogP contribution in [0.2, 0.25) is 0 Å². The third kappa shape index (κ3) is 4.83. The first kappa shape index (κ1) is 16.5. The highest BCUT2D eigenvalue weighted by molar-refractivity contribution is 5.85. The van der Waals surface area contributed by atoms with Crippen molar-refractivity contribution in [3.63, 3.8) is 0 Å². The normalized spacial score (nSPS) is 19.6. The van der Waals surface area contributed by atoms with Crippen molar-refractivity contribution in [2.45, 2.75) is 64.3 Å². The fourth-order valence-corrected chi connectivity index (χ4v) is 2.86. The van der Waals surface area contributed by atoms with Crippen LogP contribution < -0.4 is 11.1 Å². The summed E-state index contributed by atoms with van der Waals surface area (Å²) in [6.07, 6.45) is 4.85. The minimum Gasteiger partial charge on any atom is -0.481 e. The number of carboxylic acids is 1. The molecule has 1 fully saturated rings. The van der Waals surface area contributed by atoms with Crippen molar-refractivity contribution in [1.82, 2.24) is 5.32 Å². The van der Waals surface area contributed by atoms with Gasteiger partial charge in [-0.3, -0.25) is 14.4 Å². The lowest BCUT2D eigenvalue weighted by Gasteiger charge is -2.28. The zero-order chi connectivity index (χ0) is 15.2. The fraction of sp³-hybridized carbons (Fsp3) is 0.786. The monoisotopic (exact) mass is 284 g/mol. The second-order valence-corrected chi connectivity index (χ2v) is 5.82. The Morgan fingerprint density at radius 1 is 1.20 bits per heavy atom. The van der Waals surface area contributed by atoms with E-state index in [0.29, 0.717) is 12.8 Å². The van der Waals surface area contributed by atoms with Gasteiger partial charge in [0.05, 0.1) is 5.41 Å². The molecule has 0 bridgehead atoms. The third-order valence-corrected chi connectivity index (χ3v) is 3.93. The number of nitrogens with two attached hydrogens (primary N) is 1. The van der Waals surface area contributed by atoms with Crippen LogP contribution in [0, 0.1) is 5.41 Å². The number of nitrogens with one attached hydrogen (secondary N) is 1. The highest BCUT2D eigenvalue weighted by Gasteiger charge is 2.40. The van der Waals surface area contributed by atoms with Gasteiger partial charge < -0.3 is 16.2 Å². The smallest absolute Gasteiger partial charge is 0.310 e. The third-order valence-electron chi connectivity index (χ3n) is 3.93. The molecule has 6 heteroatoms. The predicted octanol–water partition coefficient (Wildman–Crippen LogP) is 1.18. The molecule has 20 heavy (non-hydrogen) atoms. The molecule has 0 spiro atoms. The first-order chi connectivity index (χ1) is 9.35. The van der Waals surface area contributed by atoms with Gasteiger partial charge in [-0.05, 0) is 19.8 Å². The molecule has 1 aliphatic carbocycles. The first-order valence-corrected chi connectivity index (χ1v) is 7.17. The van der Waals surface area contributed by atoms with Crippen LogP contribution in [0.4, 0.5) is 0 Å². The molecular formula is C14H24N2O4. The summed E-state index contributed by atoms with van der Waals surface area (Å²) in [5.41, 5.74) is 4.11. The fourth-order valence-electron chi connectivity index (χ4n) is 2.86. The highest BCUT2D eigenvalue weighted by atomic mass is 16.4. The van der Waals surface area contributed by atoms with Crippen molar-refractivity contribution in [3.8, 4) is 0 Å². The predicted molar refractivity (Wildman–Crippen MR) is 73.8 cm³/mol. The van der Waals surface area contributed by atoms with E-state index in [-0.39, 0.29) is 24.8 Å². The summed E-state index contributed by atoms with van der Waals surface area (Å²) in [5, 5.41) is 12.1. The summed E-state index contributed by atoms with van der Waals surface area (Å²) in [4.78, 5) is 34.3. The van der Waals surface area contributed by atoms with Crippen molar-refractivity contribution in [3.05, 3.63) is 0 Å². The molecule has 1 aliphatic rings. The summed E-state index contributed by atoms with van der Waals surface area (Å²) in [5.74, 6) is -1.69. The Kier molecular flexibility index (Phi) is 5.98. The summed E-state index contributed by atoms with van der Waals surface area (Å²) < 4.78 is 0. The van der Waals surface area contributed by atoms with E-state index in [1.807, 2.05) is 0 Å². The molecule has 114 valence electrons. The Hall–Kier alpha value is -1.59. The van der Waals surface area contributed by atoms with Gasteiger partial charge in [-0.15, -0.1) is 0 Å². The molecule has 0 aliphatic heterocycles. The summed E-state index contributed by atoms with van der Waals surface area (Å²) >= 11 is 0. The van der Waals surface area contributed by atoms with Crippen LogP contribution in [0.5, 0.6) is 0 Å². The standard InChI is InChI=1S/C14H24N2O4/c1-10(8-11(15)17)16-12(18)9-14(13(19)20)6-4-2-3-5-7-14/h10H,2-9H2,1H3,(H2,15,17)(H,16,18)(H,19,20). The van der Waals surface area contributed by atoms with Gasteiger partial charge in [0.25, 0.3) is 0 Å². The van der Waals surface area contributed by atoms with Gasteiger partial charge in [0.2, 0.25) is 11.8 Å². The Balaban J connectivity index is 2.63. The molecule has 6 nitrogen and oxygen atoms in total. The van der Waals surface area contributed by atoms with Gasteiger partial charge >= 0.3 is 5.97 Å². The van der Waals surface area contributed by atoms with Crippen molar-refractivity contribution < 1.29 is 19.5 Å². The van der Waals surface area contributed by atoms with Gasteiger partial charge in [-0.1, -0.05) is 25.7 Å². The van der Waals surface area contributed by atoms with E-state index in [1.165, 1.54) is 0 Å². The quantitative estimate of drug-likeness (QED) is 0.636. The Bertz CT molecular complexity index is 373. The molecule has 0 heterocycles. The number of rotatable bonds is 6. The Morgan fingerprint density at radius 2 is 1.75 bits per heavy atom. The number of hydrogen-bond acceptors (Lipinski definition) is 3. The molecule has 0 saturated heterocycles. The van der Waals surface area contributed by atoms with Gasteiger partial charge in [0, 0.05) is 18.9 Å². The van der Waals surface area contributed by atoms with E-state index in [2.05, 4.69) is 5.32 Å². The largest absolute Gasteiger partial charge is 0.481 e. The summed E-state index contributed by atoms with van der Waals surface area (Å²) in [7, 11) is 0. The first-order valence-electron chi connectivity index (χ1n) is 7.17. The average molecular weight is 284 g/mol. The van der Waals surface area contributed by atoms with Crippen molar-refractivity contribution in [2.75, 3.05) is 0 Å². The number of carbonyl (C=O) groups excluding carboxylic acids is 2. The van der Waals surface area contributed by atoms with E-state index in [4.69, 9.17) is 5.73 Å². The number of carboxylic acid groups (broad SMARTS) is 1. The molecule has 0 radical (unpaired) electrons. The van der Waals surface area contributed by atoms with Gasteiger partial charge in [0.15, 0.2) is 0 Å². The van der Waals surface area contributed by atoms with Gasteiger partial charge in [-0.25, -0.2) is 0 Å². The number of aliphatic carboxylic acids is 1. The van der Waals surface area contributed by atoms with E-state index in [9.17, 15) is 19.5 Å². The lowest BCUT2D eigenvalue weighted by Crippen LogP contribution is -2.41. The van der Waals surface area contributed by atoms with E-state index in [0.717, 1.165) is 25.7 Å². The molecule has 1 atom stereocenters. The van der Waals surface area contributed by atoms with E-state index < -0.39 is 17.3 Å². The van der Waals surface area contributed by atoms with Crippen molar-refractivity contribution in [2.24, 2.45) is 11.1 Å². The summed E-state index contributed by atoms with van der Waals surface area (Å²) in [6.45, 7) is 1.68. The maximum atomic E-state index is 12.0. The number of carbonyl (C=O) groups is 3. The molecule has 0 aromatic heterocycles. The SMILES string of the molecule is CC(CC(N)=O)NC(=O)CC1(C(=O)O)CCCCCC1. The molecule has 1 unspecified atom stereocenters. The number of amides is 2. The van der Waals surface area contributed by atoms with Crippen LogP contribution in [0.15, 0.2) is 0 Å². The second-order valence-electron chi connectivity index (χ2n) is 5.82. The molecule has 0 aromatic rings. The maximum absolute atomic E-state index is 12.0. The highest BCUT2D eigenvalue weighted by Crippen LogP contribution is 2.38.